The van der Waals surface area contributed by atoms with Gasteiger partial charge in [0.05, 0.1) is 10.5 Å². The first-order chi connectivity index (χ1) is 14.2. The van der Waals surface area contributed by atoms with Gasteiger partial charge >= 0.3 is 12.0 Å². The Labute approximate surface area is 175 Å². The van der Waals surface area contributed by atoms with Crippen molar-refractivity contribution in [3.8, 4) is 0 Å². The Morgan fingerprint density at radius 1 is 1.00 bits per heavy atom. The number of amides is 3. The van der Waals surface area contributed by atoms with E-state index in [1.54, 1.807) is 37.3 Å². The van der Waals surface area contributed by atoms with Crippen molar-refractivity contribution in [1.82, 2.24) is 14.9 Å². The maximum Gasteiger partial charge on any atom is 0.339 e. The summed E-state index contributed by atoms with van der Waals surface area (Å²) in [7, 11) is -0.849. The Kier molecular flexibility index (Phi) is 7.67. The van der Waals surface area contributed by atoms with Gasteiger partial charge in [0.2, 0.25) is 16.1 Å². The highest BCUT2D eigenvalue weighted by molar-refractivity contribution is 7.89. The number of nitrogens with zero attached hydrogens (tertiary/aromatic N) is 1. The van der Waals surface area contributed by atoms with Gasteiger partial charge in [0.25, 0.3) is 5.91 Å². The molecule has 1 unspecified atom stereocenters. The molecule has 1 atom stereocenters. The van der Waals surface area contributed by atoms with E-state index in [0.29, 0.717) is 12.1 Å². The van der Waals surface area contributed by atoms with Crippen LogP contribution in [-0.2, 0) is 19.6 Å². The predicted molar refractivity (Wildman–Crippen MR) is 109 cm³/mol. The average molecular weight is 433 g/mol. The number of carbonyl (C=O) groups is 3. The van der Waals surface area contributed by atoms with E-state index in [1.165, 1.54) is 38.4 Å². The maximum atomic E-state index is 12.6. The van der Waals surface area contributed by atoms with Crippen molar-refractivity contribution in [1.29, 1.82) is 0 Å². The van der Waals surface area contributed by atoms with Crippen LogP contribution in [0.25, 0.3) is 0 Å². The molecule has 0 saturated heterocycles. The van der Waals surface area contributed by atoms with Gasteiger partial charge in [-0.25, -0.2) is 22.3 Å². The second-order valence-electron chi connectivity index (χ2n) is 6.36. The molecule has 0 radical (unpaired) electrons. The van der Waals surface area contributed by atoms with Gasteiger partial charge in [-0.1, -0.05) is 30.3 Å². The summed E-state index contributed by atoms with van der Waals surface area (Å²) in [6, 6.07) is 12.7. The second kappa shape index (κ2) is 9.99. The third-order valence-electron chi connectivity index (χ3n) is 4.01. The van der Waals surface area contributed by atoms with Gasteiger partial charge < -0.3 is 10.1 Å². The molecule has 0 aromatic heterocycles. The van der Waals surface area contributed by atoms with Crippen molar-refractivity contribution >= 4 is 27.9 Å². The molecule has 10 heteroatoms. The minimum Gasteiger partial charge on any atom is -0.444 e. The fourth-order valence-corrected chi connectivity index (χ4v) is 3.33. The van der Waals surface area contributed by atoms with Crippen LogP contribution in [-0.4, -0.2) is 51.3 Å². The normalized spacial score (nSPS) is 12.1. The summed E-state index contributed by atoms with van der Waals surface area (Å²) >= 11 is 0. The molecule has 0 heterocycles. The van der Waals surface area contributed by atoms with Crippen LogP contribution in [0, 0.1) is 0 Å². The van der Waals surface area contributed by atoms with Crippen LogP contribution in [0.5, 0.6) is 0 Å². The molecular formula is C20H23N3O6S. The fraction of sp³-hybridized carbons (Fsp3) is 0.250. The minimum absolute atomic E-state index is 0.0117. The fourth-order valence-electron chi connectivity index (χ4n) is 2.43. The van der Waals surface area contributed by atoms with Gasteiger partial charge in [0.15, 0.2) is 0 Å². The first-order valence-electron chi connectivity index (χ1n) is 9.04. The Morgan fingerprint density at radius 2 is 1.60 bits per heavy atom. The number of ether oxygens (including phenoxy) is 1. The van der Waals surface area contributed by atoms with E-state index in [0.717, 1.165) is 4.31 Å². The Morgan fingerprint density at radius 3 is 2.13 bits per heavy atom. The maximum absolute atomic E-state index is 12.6. The van der Waals surface area contributed by atoms with Crippen LogP contribution >= 0.6 is 0 Å². The Bertz CT molecular complexity index is 1000. The zero-order chi connectivity index (χ0) is 22.3. The lowest BCUT2D eigenvalue weighted by molar-refractivity contribution is -0.129. The molecule has 2 aromatic rings. The van der Waals surface area contributed by atoms with Gasteiger partial charge in [-0.3, -0.25) is 10.1 Å². The van der Waals surface area contributed by atoms with Crippen LogP contribution in [0.4, 0.5) is 4.79 Å². The molecule has 2 aromatic carbocycles. The van der Waals surface area contributed by atoms with Crippen molar-refractivity contribution in [3.63, 3.8) is 0 Å². The summed E-state index contributed by atoms with van der Waals surface area (Å²) < 4.78 is 30.7. The summed E-state index contributed by atoms with van der Waals surface area (Å²) in [6.07, 6.45) is -1.37. The number of hydrogen-bond donors (Lipinski definition) is 2. The topological polar surface area (TPSA) is 122 Å². The molecule has 2 rings (SSSR count). The number of carbonyl (C=O) groups excluding carboxylic acids is 3. The largest absolute Gasteiger partial charge is 0.444 e. The molecule has 30 heavy (non-hydrogen) atoms. The SMILES string of the molecule is CCNC(=O)NC(=O)C(OC(=O)c1ccc(S(=O)(=O)N(C)C)cc1)c1ccccc1. The zero-order valence-electron chi connectivity index (χ0n) is 16.8. The molecule has 2 N–H and O–H groups in total. The van der Waals surface area contributed by atoms with Gasteiger partial charge in [-0.05, 0) is 31.2 Å². The second-order valence-corrected chi connectivity index (χ2v) is 8.51. The highest BCUT2D eigenvalue weighted by Gasteiger charge is 2.27. The Balaban J connectivity index is 2.24. The van der Waals surface area contributed by atoms with Gasteiger partial charge in [0, 0.05) is 26.2 Å². The number of urea groups is 1. The standard InChI is InChI=1S/C20H23N3O6S/c1-4-21-20(26)22-18(24)17(14-8-6-5-7-9-14)29-19(25)15-10-12-16(13-11-15)30(27,28)23(2)3/h5-13,17H,4H2,1-3H3,(H2,21,22,24,26). The summed E-state index contributed by atoms with van der Waals surface area (Å²) in [5.41, 5.74) is 0.430. The molecule has 0 aliphatic rings. The molecule has 0 aliphatic heterocycles. The van der Waals surface area contributed by atoms with E-state index in [-0.39, 0.29) is 10.5 Å². The zero-order valence-corrected chi connectivity index (χ0v) is 17.6. The summed E-state index contributed by atoms with van der Waals surface area (Å²) in [5.74, 6) is -1.66. The summed E-state index contributed by atoms with van der Waals surface area (Å²) in [5, 5.41) is 4.55. The highest BCUT2D eigenvalue weighted by Crippen LogP contribution is 2.21. The number of benzene rings is 2. The molecule has 0 aliphatic carbocycles. The van der Waals surface area contributed by atoms with E-state index in [9.17, 15) is 22.8 Å². The van der Waals surface area contributed by atoms with Gasteiger partial charge in [-0.15, -0.1) is 0 Å². The van der Waals surface area contributed by atoms with Crippen LogP contribution in [0.15, 0.2) is 59.5 Å². The van der Waals surface area contributed by atoms with E-state index >= 15 is 0 Å². The van der Waals surface area contributed by atoms with Crippen molar-refractivity contribution in [2.45, 2.75) is 17.9 Å². The lowest BCUT2D eigenvalue weighted by atomic mass is 10.1. The van der Waals surface area contributed by atoms with Crippen LogP contribution in [0.2, 0.25) is 0 Å². The van der Waals surface area contributed by atoms with Crippen molar-refractivity contribution in [3.05, 3.63) is 65.7 Å². The quantitative estimate of drug-likeness (QED) is 0.641. The first kappa shape index (κ1) is 23.0. The molecule has 9 nitrogen and oxygen atoms in total. The van der Waals surface area contributed by atoms with Crippen LogP contribution in [0.1, 0.15) is 28.9 Å². The van der Waals surface area contributed by atoms with E-state index < -0.39 is 34.0 Å². The number of imide groups is 1. The molecular weight excluding hydrogens is 410 g/mol. The number of nitrogens with one attached hydrogen (secondary N) is 2. The van der Waals surface area contributed by atoms with Crippen molar-refractivity contribution < 1.29 is 27.5 Å². The number of esters is 1. The molecule has 0 fully saturated rings. The smallest absolute Gasteiger partial charge is 0.339 e. The van der Waals surface area contributed by atoms with Crippen molar-refractivity contribution in [2.24, 2.45) is 0 Å². The third kappa shape index (κ3) is 5.65. The van der Waals surface area contributed by atoms with E-state index in [2.05, 4.69) is 10.6 Å². The molecule has 3 amide bonds. The molecule has 160 valence electrons. The van der Waals surface area contributed by atoms with E-state index in [1.807, 2.05) is 0 Å². The number of rotatable bonds is 7. The van der Waals surface area contributed by atoms with E-state index in [4.69, 9.17) is 4.74 Å². The minimum atomic E-state index is -3.65. The highest BCUT2D eigenvalue weighted by atomic mass is 32.2. The summed E-state index contributed by atoms with van der Waals surface area (Å²) in [4.78, 5) is 36.8. The third-order valence-corrected chi connectivity index (χ3v) is 5.84. The van der Waals surface area contributed by atoms with Crippen LogP contribution in [0.3, 0.4) is 0 Å². The first-order valence-corrected chi connectivity index (χ1v) is 10.5. The molecule has 0 saturated carbocycles. The lowest BCUT2D eigenvalue weighted by Gasteiger charge is -2.18. The number of sulfonamides is 1. The monoisotopic (exact) mass is 433 g/mol. The van der Waals surface area contributed by atoms with Gasteiger partial charge in [0.1, 0.15) is 0 Å². The number of hydrogen-bond acceptors (Lipinski definition) is 6. The van der Waals surface area contributed by atoms with Crippen LogP contribution < -0.4 is 10.6 Å². The molecule has 0 bridgehead atoms. The van der Waals surface area contributed by atoms with Gasteiger partial charge in [-0.2, -0.15) is 0 Å². The average Bonchev–Trinajstić information content (AvgIpc) is 2.72. The lowest BCUT2D eigenvalue weighted by Crippen LogP contribution is -2.42. The Hall–Kier alpha value is -3.24. The van der Waals surface area contributed by atoms with Crippen molar-refractivity contribution in [2.75, 3.05) is 20.6 Å². The predicted octanol–water partition coefficient (Wildman–Crippen LogP) is 1.68. The summed E-state index contributed by atoms with van der Waals surface area (Å²) in [6.45, 7) is 2.01. The molecule has 0 spiro atoms.